The van der Waals surface area contributed by atoms with Crippen molar-refractivity contribution in [2.75, 3.05) is 6.54 Å². The molecule has 0 radical (unpaired) electrons. The van der Waals surface area contributed by atoms with Gasteiger partial charge in [-0.05, 0) is 17.7 Å². The molecule has 0 bridgehead atoms. The molecule has 1 unspecified atom stereocenters. The number of hydrogen-bond donors (Lipinski definition) is 1. The minimum atomic E-state index is -0.240. The van der Waals surface area contributed by atoms with Crippen LogP contribution in [0.2, 0.25) is 0 Å². The fourth-order valence-electron chi connectivity index (χ4n) is 1.72. The molecule has 1 atom stereocenters. The minimum absolute atomic E-state index is 0.0665. The van der Waals surface area contributed by atoms with E-state index in [2.05, 4.69) is 5.32 Å². The van der Waals surface area contributed by atoms with Crippen LogP contribution in [0.1, 0.15) is 24.4 Å². The van der Waals surface area contributed by atoms with Gasteiger partial charge in [-0.15, -0.1) is 0 Å². The molecular formula is C11H12FNO. The molecule has 1 aliphatic heterocycles. The van der Waals surface area contributed by atoms with E-state index >= 15 is 0 Å². The Morgan fingerprint density at radius 1 is 1.29 bits per heavy atom. The predicted molar refractivity (Wildman–Crippen MR) is 51.4 cm³/mol. The van der Waals surface area contributed by atoms with Crippen LogP contribution < -0.4 is 5.32 Å². The summed E-state index contributed by atoms with van der Waals surface area (Å²) in [5.74, 6) is 0.0361. The lowest BCUT2D eigenvalue weighted by molar-refractivity contribution is -0.120. The number of carbonyl (C=O) groups is 1. The van der Waals surface area contributed by atoms with Gasteiger partial charge in [0.1, 0.15) is 11.6 Å². The Morgan fingerprint density at radius 3 is 2.64 bits per heavy atom. The Kier molecular flexibility index (Phi) is 2.59. The van der Waals surface area contributed by atoms with Crippen molar-refractivity contribution in [2.24, 2.45) is 0 Å². The fourth-order valence-corrected chi connectivity index (χ4v) is 1.72. The third-order valence-corrected chi connectivity index (χ3v) is 2.50. The first-order valence-corrected chi connectivity index (χ1v) is 4.76. The Balaban J connectivity index is 2.14. The lowest BCUT2D eigenvalue weighted by atomic mass is 9.97. The topological polar surface area (TPSA) is 29.1 Å². The van der Waals surface area contributed by atoms with Crippen LogP contribution in [0.3, 0.4) is 0 Å². The summed E-state index contributed by atoms with van der Waals surface area (Å²) in [6.45, 7) is 0.723. The van der Waals surface area contributed by atoms with E-state index in [1.807, 2.05) is 0 Å². The van der Waals surface area contributed by atoms with Crippen LogP contribution in [-0.2, 0) is 4.79 Å². The van der Waals surface area contributed by atoms with E-state index in [1.165, 1.54) is 12.1 Å². The minimum Gasteiger partial charge on any atom is -0.309 e. The van der Waals surface area contributed by atoms with Crippen LogP contribution in [0.15, 0.2) is 24.3 Å². The Bertz CT molecular complexity index is 334. The predicted octanol–water partition coefficient (Wildman–Crippen LogP) is 1.82. The third-order valence-electron chi connectivity index (χ3n) is 2.50. The van der Waals surface area contributed by atoms with Crippen LogP contribution >= 0.6 is 0 Å². The van der Waals surface area contributed by atoms with E-state index in [0.717, 1.165) is 12.1 Å². The Hall–Kier alpha value is -1.22. The van der Waals surface area contributed by atoms with Crippen molar-refractivity contribution >= 4 is 5.78 Å². The number of benzene rings is 1. The number of Topliss-reactive ketones (excluding diaryl/α,β-unsaturated/α-hetero) is 1. The zero-order valence-electron chi connectivity index (χ0n) is 7.79. The molecular weight excluding hydrogens is 181 g/mol. The summed E-state index contributed by atoms with van der Waals surface area (Å²) < 4.78 is 12.6. The molecule has 2 rings (SSSR count). The molecule has 2 nitrogen and oxygen atoms in total. The van der Waals surface area contributed by atoms with Crippen LogP contribution in [0.25, 0.3) is 0 Å². The van der Waals surface area contributed by atoms with Gasteiger partial charge in [0.05, 0.1) is 0 Å². The lowest BCUT2D eigenvalue weighted by Crippen LogP contribution is -2.31. The first kappa shape index (κ1) is 9.34. The molecule has 0 aliphatic carbocycles. The van der Waals surface area contributed by atoms with E-state index in [1.54, 1.807) is 12.1 Å². The number of nitrogens with one attached hydrogen (secondary N) is 1. The number of rotatable bonds is 1. The van der Waals surface area contributed by atoms with Gasteiger partial charge in [-0.2, -0.15) is 0 Å². The normalized spacial score (nSPS) is 22.4. The summed E-state index contributed by atoms with van der Waals surface area (Å²) in [7, 11) is 0. The highest BCUT2D eigenvalue weighted by Crippen LogP contribution is 2.20. The van der Waals surface area contributed by atoms with Crippen molar-refractivity contribution in [3.05, 3.63) is 35.6 Å². The van der Waals surface area contributed by atoms with E-state index in [4.69, 9.17) is 0 Å². The summed E-state index contributed by atoms with van der Waals surface area (Å²) in [6, 6.07) is 6.38. The van der Waals surface area contributed by atoms with Crippen LogP contribution in [0.5, 0.6) is 0 Å². The second kappa shape index (κ2) is 3.88. The molecule has 1 heterocycles. The van der Waals surface area contributed by atoms with Crippen molar-refractivity contribution < 1.29 is 9.18 Å². The summed E-state index contributed by atoms with van der Waals surface area (Å²) >= 11 is 0. The average molecular weight is 193 g/mol. The van der Waals surface area contributed by atoms with Crippen LogP contribution in [0.4, 0.5) is 4.39 Å². The monoisotopic (exact) mass is 193 g/mol. The number of piperidine rings is 1. The molecule has 0 spiro atoms. The first-order chi connectivity index (χ1) is 6.75. The zero-order valence-corrected chi connectivity index (χ0v) is 7.79. The van der Waals surface area contributed by atoms with Crippen molar-refractivity contribution in [3.63, 3.8) is 0 Å². The number of hydrogen-bond acceptors (Lipinski definition) is 2. The standard InChI is InChI=1S/C11H12FNO/c12-9-3-1-8(2-4-9)11-7-10(14)5-6-13-11/h1-4,11,13H,5-7H2. The first-order valence-electron chi connectivity index (χ1n) is 4.76. The molecule has 3 heteroatoms. The number of carbonyl (C=O) groups excluding carboxylic acids is 1. The Labute approximate surface area is 82.1 Å². The maximum Gasteiger partial charge on any atom is 0.136 e. The Morgan fingerprint density at radius 2 is 2.00 bits per heavy atom. The maximum atomic E-state index is 12.6. The van der Waals surface area contributed by atoms with E-state index < -0.39 is 0 Å². The molecule has 1 aromatic carbocycles. The summed E-state index contributed by atoms with van der Waals surface area (Å²) in [5, 5.41) is 3.24. The lowest BCUT2D eigenvalue weighted by Gasteiger charge is -2.22. The summed E-state index contributed by atoms with van der Waals surface area (Å²) in [4.78, 5) is 11.2. The van der Waals surface area contributed by atoms with E-state index in [9.17, 15) is 9.18 Å². The summed E-state index contributed by atoms with van der Waals surface area (Å²) in [5.41, 5.74) is 0.986. The highest BCUT2D eigenvalue weighted by Gasteiger charge is 2.19. The molecule has 1 saturated heterocycles. The third kappa shape index (κ3) is 1.99. The SMILES string of the molecule is O=C1CCNC(c2ccc(F)cc2)C1. The van der Waals surface area contributed by atoms with Crippen molar-refractivity contribution in [2.45, 2.75) is 18.9 Å². The second-order valence-corrected chi connectivity index (χ2v) is 3.55. The summed E-state index contributed by atoms with van der Waals surface area (Å²) in [6.07, 6.45) is 1.13. The van der Waals surface area contributed by atoms with Crippen molar-refractivity contribution in [3.8, 4) is 0 Å². The van der Waals surface area contributed by atoms with Gasteiger partial charge in [0.2, 0.25) is 0 Å². The number of ketones is 1. The van der Waals surface area contributed by atoms with Gasteiger partial charge < -0.3 is 5.32 Å². The van der Waals surface area contributed by atoms with Gasteiger partial charge >= 0.3 is 0 Å². The maximum absolute atomic E-state index is 12.6. The van der Waals surface area contributed by atoms with Crippen molar-refractivity contribution in [1.82, 2.24) is 5.32 Å². The van der Waals surface area contributed by atoms with Crippen LogP contribution in [-0.4, -0.2) is 12.3 Å². The highest BCUT2D eigenvalue weighted by molar-refractivity contribution is 5.80. The molecule has 1 N–H and O–H groups in total. The van der Waals surface area contributed by atoms with E-state index in [0.29, 0.717) is 12.8 Å². The second-order valence-electron chi connectivity index (χ2n) is 3.55. The smallest absolute Gasteiger partial charge is 0.136 e. The molecule has 14 heavy (non-hydrogen) atoms. The van der Waals surface area contributed by atoms with Gasteiger partial charge in [0.15, 0.2) is 0 Å². The highest BCUT2D eigenvalue weighted by atomic mass is 19.1. The quantitative estimate of drug-likeness (QED) is 0.737. The van der Waals surface area contributed by atoms with Gasteiger partial charge in [0, 0.05) is 25.4 Å². The fraction of sp³-hybridized carbons (Fsp3) is 0.364. The number of halogens is 1. The molecule has 0 amide bonds. The molecule has 1 fully saturated rings. The van der Waals surface area contributed by atoms with Gasteiger partial charge in [0.25, 0.3) is 0 Å². The zero-order chi connectivity index (χ0) is 9.97. The van der Waals surface area contributed by atoms with Gasteiger partial charge in [-0.3, -0.25) is 4.79 Å². The van der Waals surface area contributed by atoms with Crippen LogP contribution in [0, 0.1) is 5.82 Å². The largest absolute Gasteiger partial charge is 0.309 e. The van der Waals surface area contributed by atoms with Gasteiger partial charge in [-0.25, -0.2) is 4.39 Å². The molecule has 1 aliphatic rings. The molecule has 0 aromatic heterocycles. The molecule has 74 valence electrons. The molecule has 0 saturated carbocycles. The van der Waals surface area contributed by atoms with Crippen molar-refractivity contribution in [1.29, 1.82) is 0 Å². The average Bonchev–Trinajstić information content (AvgIpc) is 2.19. The van der Waals surface area contributed by atoms with Gasteiger partial charge in [-0.1, -0.05) is 12.1 Å². The molecule has 1 aromatic rings. The van der Waals surface area contributed by atoms with E-state index in [-0.39, 0.29) is 17.6 Å².